The molecule has 0 saturated heterocycles. The van der Waals surface area contributed by atoms with Gasteiger partial charge in [0, 0.05) is 66.2 Å². The number of fused-ring (bicyclic) bond motifs is 9. The van der Waals surface area contributed by atoms with Crippen molar-refractivity contribution in [1.29, 1.82) is 0 Å². The predicted octanol–water partition coefficient (Wildman–Crippen LogP) is 18.4. The van der Waals surface area contributed by atoms with Crippen LogP contribution in [0.25, 0.3) is 133 Å². The molecule has 4 heteroatoms. The van der Waals surface area contributed by atoms with Crippen LogP contribution in [0.15, 0.2) is 279 Å². The van der Waals surface area contributed by atoms with Gasteiger partial charge in [-0.1, -0.05) is 206 Å². The number of hydrogen-bond donors (Lipinski definition) is 0. The molecule has 346 valence electrons. The molecule has 0 amide bonds. The molecule has 0 N–H and O–H groups in total. The minimum absolute atomic E-state index is 1.07. The monoisotopic (exact) mass is 942 g/mol. The minimum atomic E-state index is 1.07. The van der Waals surface area contributed by atoms with E-state index in [1.807, 2.05) is 0 Å². The second-order valence-corrected chi connectivity index (χ2v) is 19.2. The molecule has 0 atom stereocenters. The summed E-state index contributed by atoms with van der Waals surface area (Å²) in [7, 11) is 0. The zero-order valence-corrected chi connectivity index (χ0v) is 40.3. The van der Waals surface area contributed by atoms with Crippen LogP contribution in [-0.4, -0.2) is 18.3 Å². The van der Waals surface area contributed by atoms with E-state index in [4.69, 9.17) is 0 Å². The summed E-state index contributed by atoms with van der Waals surface area (Å²) in [6.45, 7) is 0. The second kappa shape index (κ2) is 16.9. The van der Waals surface area contributed by atoms with Gasteiger partial charge in [-0.25, -0.2) is 0 Å². The SMILES string of the molecule is c1ccc(-c2c(-c3ccccc3)n(-c3ccc(-n4c5ccccc5c5ccccc54)cc3)c3c2ccc2c(-c4ccccc4)c(-c4ccccc4)n(-c4ccc(-n5c6ccccc6c6ccccc65)cc4)c23)cc1. The molecule has 4 heterocycles. The van der Waals surface area contributed by atoms with Crippen molar-refractivity contribution >= 4 is 65.4 Å². The Bertz CT molecular complexity index is 4190. The third kappa shape index (κ3) is 6.35. The molecule has 0 saturated carbocycles. The fourth-order valence-corrected chi connectivity index (χ4v) is 12.1. The molecule has 0 aliphatic rings. The molecule has 4 aromatic heterocycles. The summed E-state index contributed by atoms with van der Waals surface area (Å²) in [6, 6.07) is 102. The standard InChI is InChI=1S/C70H46N4/c1-5-21-47(22-6-1)65-59-45-46-60-66(48-23-7-2-8-24-48)68(50-27-11-4-12-28-50)74(54-43-39-52(40-44-54)72-63-35-19-15-31-57(63)58-32-16-20-36-64(58)72)70(60)69(59)73(67(65)49-25-9-3-10-26-49)53-41-37-51(38-42-53)71-61-33-17-13-29-55(61)56-30-14-18-34-62(56)71/h1-46H. The summed E-state index contributed by atoms with van der Waals surface area (Å²) >= 11 is 0. The summed E-state index contributed by atoms with van der Waals surface area (Å²) in [5, 5.41) is 7.34. The van der Waals surface area contributed by atoms with Crippen molar-refractivity contribution in [2.75, 3.05) is 0 Å². The molecule has 0 fully saturated rings. The molecule has 0 aliphatic heterocycles. The van der Waals surface area contributed by atoms with Gasteiger partial charge in [-0.2, -0.15) is 0 Å². The molecule has 74 heavy (non-hydrogen) atoms. The van der Waals surface area contributed by atoms with E-state index in [-0.39, 0.29) is 0 Å². The first-order chi connectivity index (χ1) is 36.8. The van der Waals surface area contributed by atoms with Crippen molar-refractivity contribution in [1.82, 2.24) is 18.3 Å². The minimum Gasteiger partial charge on any atom is -0.309 e. The van der Waals surface area contributed by atoms with Crippen molar-refractivity contribution in [3.8, 4) is 67.5 Å². The van der Waals surface area contributed by atoms with E-state index in [0.29, 0.717) is 0 Å². The lowest BCUT2D eigenvalue weighted by molar-refractivity contribution is 1.09. The molecule has 0 bridgehead atoms. The Hall–Kier alpha value is -9.90. The lowest BCUT2D eigenvalue weighted by Gasteiger charge is -2.17. The van der Waals surface area contributed by atoms with E-state index in [2.05, 4.69) is 297 Å². The van der Waals surface area contributed by atoms with E-state index in [0.717, 1.165) is 67.4 Å². The Morgan fingerprint density at radius 1 is 0.176 bits per heavy atom. The van der Waals surface area contributed by atoms with E-state index < -0.39 is 0 Å². The van der Waals surface area contributed by atoms with Gasteiger partial charge in [-0.05, 0) is 95.1 Å². The fraction of sp³-hybridized carbons (Fsp3) is 0. The molecule has 0 radical (unpaired) electrons. The topological polar surface area (TPSA) is 19.7 Å². The Morgan fingerprint density at radius 2 is 0.419 bits per heavy atom. The van der Waals surface area contributed by atoms with Crippen molar-refractivity contribution in [3.63, 3.8) is 0 Å². The molecule has 15 aromatic rings. The first-order valence-electron chi connectivity index (χ1n) is 25.4. The molecule has 0 unspecified atom stereocenters. The fourth-order valence-electron chi connectivity index (χ4n) is 12.1. The van der Waals surface area contributed by atoms with Crippen molar-refractivity contribution < 1.29 is 0 Å². The number of rotatable bonds is 8. The molecule has 0 spiro atoms. The highest BCUT2D eigenvalue weighted by atomic mass is 15.1. The third-order valence-electron chi connectivity index (χ3n) is 15.2. The van der Waals surface area contributed by atoms with Crippen LogP contribution in [0.1, 0.15) is 0 Å². The Labute approximate surface area is 428 Å². The van der Waals surface area contributed by atoms with E-state index in [9.17, 15) is 0 Å². The lowest BCUT2D eigenvalue weighted by atomic mass is 9.96. The zero-order chi connectivity index (χ0) is 48.7. The molecule has 11 aromatic carbocycles. The predicted molar refractivity (Wildman–Crippen MR) is 311 cm³/mol. The van der Waals surface area contributed by atoms with Gasteiger partial charge in [0.2, 0.25) is 0 Å². The highest BCUT2D eigenvalue weighted by molar-refractivity contribution is 6.21. The summed E-state index contributed by atoms with van der Waals surface area (Å²) < 4.78 is 9.91. The first kappa shape index (κ1) is 41.8. The normalized spacial score (nSPS) is 11.8. The highest BCUT2D eigenvalue weighted by Crippen LogP contribution is 2.50. The maximum Gasteiger partial charge on any atom is 0.0789 e. The van der Waals surface area contributed by atoms with Gasteiger partial charge in [0.15, 0.2) is 0 Å². The summed E-state index contributed by atoms with van der Waals surface area (Å²) in [6.07, 6.45) is 0. The van der Waals surface area contributed by atoms with Gasteiger partial charge >= 0.3 is 0 Å². The third-order valence-corrected chi connectivity index (χ3v) is 15.2. The average molecular weight is 943 g/mol. The van der Waals surface area contributed by atoms with Crippen LogP contribution in [0.5, 0.6) is 0 Å². The zero-order valence-electron chi connectivity index (χ0n) is 40.3. The van der Waals surface area contributed by atoms with Crippen LogP contribution in [0.2, 0.25) is 0 Å². The molecular formula is C70H46N4. The Morgan fingerprint density at radius 3 is 0.716 bits per heavy atom. The highest BCUT2D eigenvalue weighted by Gasteiger charge is 2.29. The Kier molecular flexibility index (Phi) is 9.54. The smallest absolute Gasteiger partial charge is 0.0789 e. The van der Waals surface area contributed by atoms with Gasteiger partial charge in [0.25, 0.3) is 0 Å². The van der Waals surface area contributed by atoms with Crippen molar-refractivity contribution in [2.24, 2.45) is 0 Å². The number of hydrogen-bond acceptors (Lipinski definition) is 0. The van der Waals surface area contributed by atoms with E-state index >= 15 is 0 Å². The number of para-hydroxylation sites is 4. The van der Waals surface area contributed by atoms with Gasteiger partial charge in [-0.3, -0.25) is 0 Å². The van der Waals surface area contributed by atoms with Gasteiger partial charge in [0.05, 0.1) is 44.5 Å². The van der Waals surface area contributed by atoms with Crippen molar-refractivity contribution in [3.05, 3.63) is 279 Å². The maximum atomic E-state index is 2.55. The second-order valence-electron chi connectivity index (χ2n) is 19.2. The quantitative estimate of drug-likeness (QED) is 0.145. The van der Waals surface area contributed by atoms with Gasteiger partial charge in [0.1, 0.15) is 0 Å². The average Bonchev–Trinajstić information content (AvgIpc) is 4.23. The maximum absolute atomic E-state index is 2.55. The van der Waals surface area contributed by atoms with Crippen molar-refractivity contribution in [2.45, 2.75) is 0 Å². The van der Waals surface area contributed by atoms with E-state index in [1.54, 1.807) is 0 Å². The summed E-state index contributed by atoms with van der Waals surface area (Å²) in [5.41, 5.74) is 20.7. The molecule has 0 aliphatic carbocycles. The summed E-state index contributed by atoms with van der Waals surface area (Å²) in [5.74, 6) is 0. The van der Waals surface area contributed by atoms with Gasteiger partial charge < -0.3 is 18.3 Å². The van der Waals surface area contributed by atoms with Crippen LogP contribution in [-0.2, 0) is 0 Å². The molecule has 4 nitrogen and oxygen atoms in total. The van der Waals surface area contributed by atoms with Crippen LogP contribution in [0.3, 0.4) is 0 Å². The summed E-state index contributed by atoms with van der Waals surface area (Å²) in [4.78, 5) is 0. The molecule has 15 rings (SSSR count). The molecular weight excluding hydrogens is 897 g/mol. The first-order valence-corrected chi connectivity index (χ1v) is 25.4. The number of aromatic nitrogens is 4. The lowest BCUT2D eigenvalue weighted by Crippen LogP contribution is -2.03. The van der Waals surface area contributed by atoms with Crippen LogP contribution in [0, 0.1) is 0 Å². The Balaban J connectivity index is 1.07. The van der Waals surface area contributed by atoms with Gasteiger partial charge in [-0.15, -0.1) is 0 Å². The number of benzene rings is 11. The van der Waals surface area contributed by atoms with E-state index in [1.165, 1.54) is 65.5 Å². The number of nitrogens with zero attached hydrogens (tertiary/aromatic N) is 4. The van der Waals surface area contributed by atoms with Crippen LogP contribution in [0.4, 0.5) is 0 Å². The van der Waals surface area contributed by atoms with Crippen LogP contribution < -0.4 is 0 Å². The largest absolute Gasteiger partial charge is 0.309 e. The van der Waals surface area contributed by atoms with Crippen LogP contribution >= 0.6 is 0 Å².